The van der Waals surface area contributed by atoms with Crippen LogP contribution in [0, 0.1) is 12.8 Å². The number of carbonyl (C=O) groups is 2. The van der Waals surface area contributed by atoms with E-state index in [0.717, 1.165) is 48.7 Å². The monoisotopic (exact) mass is 409 g/mol. The predicted octanol–water partition coefficient (Wildman–Crippen LogP) is 3.96. The third-order valence-electron chi connectivity index (χ3n) is 5.12. The van der Waals surface area contributed by atoms with E-state index >= 15 is 0 Å². The number of nitrogens with one attached hydrogen (secondary N) is 2. The first-order valence-electron chi connectivity index (χ1n) is 10.6. The minimum absolute atomic E-state index is 0.0487. The van der Waals surface area contributed by atoms with Crippen molar-refractivity contribution in [1.29, 1.82) is 0 Å². The molecule has 2 N–H and O–H groups in total. The maximum absolute atomic E-state index is 12.4. The quantitative estimate of drug-likeness (QED) is 0.726. The molecular formula is C24H31N3O3. The van der Waals surface area contributed by atoms with Crippen molar-refractivity contribution in [2.24, 2.45) is 5.92 Å². The summed E-state index contributed by atoms with van der Waals surface area (Å²) in [4.78, 5) is 26.6. The van der Waals surface area contributed by atoms with E-state index in [1.165, 1.54) is 0 Å². The van der Waals surface area contributed by atoms with Crippen LogP contribution in [0.25, 0.3) is 0 Å². The number of rotatable bonds is 7. The van der Waals surface area contributed by atoms with Crippen molar-refractivity contribution in [3.05, 3.63) is 54.1 Å². The molecule has 30 heavy (non-hydrogen) atoms. The van der Waals surface area contributed by atoms with E-state index in [4.69, 9.17) is 4.74 Å². The van der Waals surface area contributed by atoms with Gasteiger partial charge < -0.3 is 15.4 Å². The number of anilines is 1. The molecule has 0 aromatic heterocycles. The summed E-state index contributed by atoms with van der Waals surface area (Å²) in [5.74, 6) is 1.64. The molecule has 6 nitrogen and oxygen atoms in total. The molecule has 0 atom stereocenters. The molecule has 0 bridgehead atoms. The minimum Gasteiger partial charge on any atom is -0.457 e. The van der Waals surface area contributed by atoms with Crippen molar-refractivity contribution in [3.63, 3.8) is 0 Å². The van der Waals surface area contributed by atoms with E-state index in [9.17, 15) is 9.59 Å². The molecule has 0 unspecified atom stereocenters. The third-order valence-corrected chi connectivity index (χ3v) is 5.12. The van der Waals surface area contributed by atoms with Crippen LogP contribution in [0.2, 0.25) is 0 Å². The van der Waals surface area contributed by atoms with Crippen molar-refractivity contribution < 1.29 is 14.3 Å². The van der Waals surface area contributed by atoms with E-state index in [1.54, 1.807) is 0 Å². The van der Waals surface area contributed by atoms with Gasteiger partial charge in [0.1, 0.15) is 11.5 Å². The molecule has 160 valence electrons. The van der Waals surface area contributed by atoms with Gasteiger partial charge in [-0.15, -0.1) is 0 Å². The molecule has 2 amide bonds. The highest BCUT2D eigenvalue weighted by Crippen LogP contribution is 2.24. The van der Waals surface area contributed by atoms with E-state index in [1.807, 2.05) is 69.3 Å². The Morgan fingerprint density at radius 2 is 1.77 bits per heavy atom. The number of amides is 2. The average Bonchev–Trinajstić information content (AvgIpc) is 2.69. The molecule has 0 radical (unpaired) electrons. The van der Waals surface area contributed by atoms with Gasteiger partial charge in [0.05, 0.1) is 6.54 Å². The van der Waals surface area contributed by atoms with E-state index in [-0.39, 0.29) is 23.8 Å². The lowest BCUT2D eigenvalue weighted by atomic mass is 9.95. The molecule has 2 aromatic rings. The van der Waals surface area contributed by atoms with Gasteiger partial charge in [-0.2, -0.15) is 0 Å². The summed E-state index contributed by atoms with van der Waals surface area (Å²) in [6.07, 6.45) is 1.58. The lowest BCUT2D eigenvalue weighted by Gasteiger charge is -2.31. The highest BCUT2D eigenvalue weighted by molar-refractivity contribution is 5.92. The number of hydrogen-bond donors (Lipinski definition) is 2. The van der Waals surface area contributed by atoms with Crippen LogP contribution in [-0.4, -0.2) is 42.4 Å². The summed E-state index contributed by atoms with van der Waals surface area (Å²) in [6, 6.07) is 15.4. The molecule has 3 rings (SSSR count). The first-order chi connectivity index (χ1) is 14.4. The van der Waals surface area contributed by atoms with Crippen LogP contribution in [0.15, 0.2) is 48.5 Å². The first kappa shape index (κ1) is 21.8. The number of nitrogens with zero attached hydrogens (tertiary/aromatic N) is 1. The van der Waals surface area contributed by atoms with Crippen molar-refractivity contribution in [1.82, 2.24) is 10.2 Å². The van der Waals surface area contributed by atoms with Crippen molar-refractivity contribution in [2.45, 2.75) is 39.7 Å². The Labute approximate surface area is 178 Å². The Morgan fingerprint density at radius 3 is 2.40 bits per heavy atom. The van der Waals surface area contributed by atoms with Gasteiger partial charge >= 0.3 is 0 Å². The summed E-state index contributed by atoms with van der Waals surface area (Å²) in [5, 5.41) is 5.91. The van der Waals surface area contributed by atoms with Gasteiger partial charge in [0.2, 0.25) is 11.8 Å². The molecule has 1 aliphatic heterocycles. The summed E-state index contributed by atoms with van der Waals surface area (Å²) in [5.41, 5.74) is 1.88. The van der Waals surface area contributed by atoms with Crippen LogP contribution in [0.5, 0.6) is 11.5 Å². The maximum Gasteiger partial charge on any atom is 0.238 e. The molecule has 0 spiro atoms. The topological polar surface area (TPSA) is 70.7 Å². The number of hydrogen-bond acceptors (Lipinski definition) is 4. The normalized spacial score (nSPS) is 15.1. The van der Waals surface area contributed by atoms with Crippen molar-refractivity contribution in [3.8, 4) is 11.5 Å². The minimum atomic E-state index is -0.0487. The largest absolute Gasteiger partial charge is 0.457 e. The molecule has 2 aromatic carbocycles. The molecular weight excluding hydrogens is 378 g/mol. The van der Waals surface area contributed by atoms with Crippen LogP contribution >= 0.6 is 0 Å². The lowest BCUT2D eigenvalue weighted by molar-refractivity contribution is -0.127. The summed E-state index contributed by atoms with van der Waals surface area (Å²) in [7, 11) is 0. The zero-order valence-electron chi connectivity index (χ0n) is 18.0. The fourth-order valence-corrected chi connectivity index (χ4v) is 3.58. The van der Waals surface area contributed by atoms with Gasteiger partial charge in [0, 0.05) is 17.6 Å². The summed E-state index contributed by atoms with van der Waals surface area (Å²) < 4.78 is 5.84. The molecule has 1 saturated heterocycles. The van der Waals surface area contributed by atoms with E-state index in [2.05, 4.69) is 15.5 Å². The lowest BCUT2D eigenvalue weighted by Crippen LogP contribution is -2.44. The fraction of sp³-hybridized carbons (Fsp3) is 0.417. The standard InChI is InChI=1S/C24H31N3O3/c1-17(2)25-24(29)19-11-13-27(14-12-19)16-23(28)26-20-7-9-21(10-8-20)30-22-6-4-5-18(3)15-22/h4-10,15,17,19H,11-14,16H2,1-3H3,(H,25,29)(H,26,28). The second-order valence-corrected chi connectivity index (χ2v) is 8.20. The van der Waals surface area contributed by atoms with Crippen LogP contribution in [-0.2, 0) is 9.59 Å². The van der Waals surface area contributed by atoms with Crippen LogP contribution in [0.3, 0.4) is 0 Å². The van der Waals surface area contributed by atoms with Crippen molar-refractivity contribution in [2.75, 3.05) is 25.0 Å². The maximum atomic E-state index is 12.4. The Morgan fingerprint density at radius 1 is 1.07 bits per heavy atom. The molecule has 0 aliphatic carbocycles. The average molecular weight is 410 g/mol. The van der Waals surface area contributed by atoms with Crippen LogP contribution < -0.4 is 15.4 Å². The van der Waals surface area contributed by atoms with Crippen LogP contribution in [0.1, 0.15) is 32.3 Å². The van der Waals surface area contributed by atoms with E-state index in [0.29, 0.717) is 6.54 Å². The number of piperidine rings is 1. The number of carbonyl (C=O) groups excluding carboxylic acids is 2. The Kier molecular flexibility index (Phi) is 7.46. The molecule has 0 saturated carbocycles. The Balaban J connectivity index is 1.43. The highest BCUT2D eigenvalue weighted by Gasteiger charge is 2.26. The second kappa shape index (κ2) is 10.3. The fourth-order valence-electron chi connectivity index (χ4n) is 3.58. The Hall–Kier alpha value is -2.86. The number of benzene rings is 2. The zero-order chi connectivity index (χ0) is 21.5. The zero-order valence-corrected chi connectivity index (χ0v) is 18.0. The van der Waals surface area contributed by atoms with Gasteiger partial charge in [-0.1, -0.05) is 12.1 Å². The van der Waals surface area contributed by atoms with Gasteiger partial charge in [0.15, 0.2) is 0 Å². The SMILES string of the molecule is Cc1cccc(Oc2ccc(NC(=O)CN3CCC(C(=O)NC(C)C)CC3)cc2)c1. The predicted molar refractivity (Wildman–Crippen MR) is 119 cm³/mol. The number of aryl methyl sites for hydroxylation is 1. The smallest absolute Gasteiger partial charge is 0.238 e. The van der Waals surface area contributed by atoms with Gasteiger partial charge in [0.25, 0.3) is 0 Å². The molecule has 6 heteroatoms. The van der Waals surface area contributed by atoms with Crippen molar-refractivity contribution >= 4 is 17.5 Å². The van der Waals surface area contributed by atoms with Gasteiger partial charge in [-0.3, -0.25) is 14.5 Å². The van der Waals surface area contributed by atoms with Crippen LogP contribution in [0.4, 0.5) is 5.69 Å². The number of likely N-dealkylation sites (tertiary alicyclic amines) is 1. The Bertz CT molecular complexity index is 856. The number of ether oxygens (including phenoxy) is 1. The second-order valence-electron chi connectivity index (χ2n) is 8.20. The van der Waals surface area contributed by atoms with Gasteiger partial charge in [-0.25, -0.2) is 0 Å². The highest BCUT2D eigenvalue weighted by atomic mass is 16.5. The summed E-state index contributed by atoms with van der Waals surface area (Å²) >= 11 is 0. The van der Waals surface area contributed by atoms with Gasteiger partial charge in [-0.05, 0) is 88.7 Å². The first-order valence-corrected chi connectivity index (χ1v) is 10.6. The molecule has 1 fully saturated rings. The third kappa shape index (κ3) is 6.59. The summed E-state index contributed by atoms with van der Waals surface area (Å²) in [6.45, 7) is 7.81. The molecule has 1 heterocycles. The van der Waals surface area contributed by atoms with E-state index < -0.39 is 0 Å². The molecule has 1 aliphatic rings.